The highest BCUT2D eigenvalue weighted by molar-refractivity contribution is 5.45. The lowest BCUT2D eigenvalue weighted by atomic mass is 9.87. The minimum absolute atomic E-state index is 0.645. The summed E-state index contributed by atoms with van der Waals surface area (Å²) in [7, 11) is 1.70. The van der Waals surface area contributed by atoms with Gasteiger partial charge in [0.25, 0.3) is 0 Å². The van der Waals surface area contributed by atoms with Crippen LogP contribution in [0.3, 0.4) is 0 Å². The predicted molar refractivity (Wildman–Crippen MR) is 71.5 cm³/mol. The largest absolute Gasteiger partial charge is 0.497 e. The quantitative estimate of drug-likeness (QED) is 0.819. The molecule has 2 aliphatic heterocycles. The van der Waals surface area contributed by atoms with Gasteiger partial charge in [0.1, 0.15) is 11.5 Å². The molecule has 2 heterocycles. The predicted octanol–water partition coefficient (Wildman–Crippen LogP) is 2.51. The molecule has 1 fully saturated rings. The molecule has 3 rings (SSSR count). The molecule has 0 aliphatic carbocycles. The van der Waals surface area contributed by atoms with Crippen molar-refractivity contribution in [2.24, 2.45) is 5.92 Å². The molecule has 3 nitrogen and oxygen atoms in total. The average molecular weight is 247 g/mol. The van der Waals surface area contributed by atoms with Gasteiger partial charge in [0.05, 0.1) is 13.7 Å². The molecule has 0 unspecified atom stereocenters. The van der Waals surface area contributed by atoms with E-state index in [0.717, 1.165) is 18.1 Å². The van der Waals surface area contributed by atoms with Crippen LogP contribution in [0.25, 0.3) is 0 Å². The van der Waals surface area contributed by atoms with Gasteiger partial charge in [-0.05, 0) is 24.6 Å². The van der Waals surface area contributed by atoms with E-state index in [1.165, 1.54) is 31.6 Å². The minimum atomic E-state index is 0.645. The third kappa shape index (κ3) is 1.97. The van der Waals surface area contributed by atoms with Crippen LogP contribution in [0, 0.1) is 5.92 Å². The van der Waals surface area contributed by atoms with E-state index in [1.54, 1.807) is 7.11 Å². The molecule has 2 aliphatic rings. The highest BCUT2D eigenvalue weighted by Gasteiger charge is 2.38. The first-order valence-electron chi connectivity index (χ1n) is 6.85. The summed E-state index contributed by atoms with van der Waals surface area (Å²) in [6, 6.07) is 6.25. The summed E-state index contributed by atoms with van der Waals surface area (Å²) in [4.78, 5) is 2.57. The van der Waals surface area contributed by atoms with Crippen LogP contribution in [0.15, 0.2) is 18.2 Å². The molecule has 2 atom stereocenters. The average Bonchev–Trinajstić information content (AvgIpc) is 2.81. The lowest BCUT2D eigenvalue weighted by Crippen LogP contribution is -2.25. The summed E-state index contributed by atoms with van der Waals surface area (Å²) < 4.78 is 11.2. The van der Waals surface area contributed by atoms with Gasteiger partial charge in [-0.3, -0.25) is 0 Å². The number of ether oxygens (including phenoxy) is 2. The molecule has 3 heteroatoms. The SMILES string of the molecule is CCCN1C[C@@H]2COc3cc(OC)ccc3[C@@H]2C1. The van der Waals surface area contributed by atoms with Crippen molar-refractivity contribution in [2.45, 2.75) is 19.3 Å². The summed E-state index contributed by atoms with van der Waals surface area (Å²) in [6.07, 6.45) is 1.23. The summed E-state index contributed by atoms with van der Waals surface area (Å²) in [6.45, 7) is 6.67. The van der Waals surface area contributed by atoms with E-state index >= 15 is 0 Å². The molecule has 0 saturated carbocycles. The standard InChI is InChI=1S/C15H21NO2/c1-3-6-16-8-11-10-18-15-7-12(17-2)4-5-13(15)14(11)9-16/h4-5,7,11,14H,3,6,8-10H2,1-2H3/t11-,14-/m1/s1. The number of hydrogen-bond donors (Lipinski definition) is 0. The second-order valence-electron chi connectivity index (χ2n) is 5.34. The molecule has 0 radical (unpaired) electrons. The Kier molecular flexibility index (Phi) is 3.16. The summed E-state index contributed by atoms with van der Waals surface area (Å²) >= 11 is 0. The Balaban J connectivity index is 1.84. The first kappa shape index (κ1) is 11.8. The van der Waals surface area contributed by atoms with Crippen LogP contribution in [0.5, 0.6) is 11.5 Å². The van der Waals surface area contributed by atoms with Gasteiger partial charge < -0.3 is 14.4 Å². The smallest absolute Gasteiger partial charge is 0.126 e. The zero-order valence-corrected chi connectivity index (χ0v) is 11.2. The van der Waals surface area contributed by atoms with E-state index in [-0.39, 0.29) is 0 Å². The maximum absolute atomic E-state index is 5.90. The van der Waals surface area contributed by atoms with Crippen molar-refractivity contribution in [1.29, 1.82) is 0 Å². The summed E-state index contributed by atoms with van der Waals surface area (Å²) in [5.41, 5.74) is 1.37. The van der Waals surface area contributed by atoms with Crippen molar-refractivity contribution in [1.82, 2.24) is 4.90 Å². The van der Waals surface area contributed by atoms with Gasteiger partial charge in [-0.1, -0.05) is 13.0 Å². The van der Waals surface area contributed by atoms with Gasteiger partial charge in [-0.15, -0.1) is 0 Å². The number of nitrogens with zero attached hydrogens (tertiary/aromatic N) is 1. The Bertz CT molecular complexity index is 433. The van der Waals surface area contributed by atoms with Crippen LogP contribution in [0.1, 0.15) is 24.8 Å². The first-order chi connectivity index (χ1) is 8.81. The van der Waals surface area contributed by atoms with Crippen LogP contribution >= 0.6 is 0 Å². The Morgan fingerprint density at radius 2 is 2.28 bits per heavy atom. The molecule has 0 N–H and O–H groups in total. The van der Waals surface area contributed by atoms with E-state index < -0.39 is 0 Å². The fourth-order valence-electron chi connectivity index (χ4n) is 3.25. The first-order valence-corrected chi connectivity index (χ1v) is 6.85. The molecule has 1 saturated heterocycles. The molecule has 18 heavy (non-hydrogen) atoms. The lowest BCUT2D eigenvalue weighted by Gasteiger charge is -2.28. The molecule has 0 bridgehead atoms. The molecular formula is C15H21NO2. The Morgan fingerprint density at radius 3 is 3.06 bits per heavy atom. The highest BCUT2D eigenvalue weighted by atomic mass is 16.5. The normalized spacial score (nSPS) is 26.3. The van der Waals surface area contributed by atoms with Crippen LogP contribution in [-0.4, -0.2) is 38.3 Å². The maximum Gasteiger partial charge on any atom is 0.126 e. The fraction of sp³-hybridized carbons (Fsp3) is 0.600. The van der Waals surface area contributed by atoms with Crippen LogP contribution in [0.4, 0.5) is 0 Å². The van der Waals surface area contributed by atoms with E-state index in [4.69, 9.17) is 9.47 Å². The van der Waals surface area contributed by atoms with Crippen molar-refractivity contribution in [3.8, 4) is 11.5 Å². The number of benzene rings is 1. The van der Waals surface area contributed by atoms with Crippen molar-refractivity contribution in [3.63, 3.8) is 0 Å². The number of fused-ring (bicyclic) bond motifs is 3. The number of rotatable bonds is 3. The fourth-order valence-corrected chi connectivity index (χ4v) is 3.25. The van der Waals surface area contributed by atoms with Crippen LogP contribution in [0.2, 0.25) is 0 Å². The number of likely N-dealkylation sites (tertiary alicyclic amines) is 1. The van der Waals surface area contributed by atoms with Crippen LogP contribution in [-0.2, 0) is 0 Å². The summed E-state index contributed by atoms with van der Waals surface area (Å²) in [5, 5.41) is 0. The van der Waals surface area contributed by atoms with E-state index in [9.17, 15) is 0 Å². The zero-order valence-electron chi connectivity index (χ0n) is 11.2. The highest BCUT2D eigenvalue weighted by Crippen LogP contribution is 2.42. The Labute approximate surface area is 109 Å². The molecular weight excluding hydrogens is 226 g/mol. The topological polar surface area (TPSA) is 21.7 Å². The zero-order chi connectivity index (χ0) is 12.5. The van der Waals surface area contributed by atoms with Crippen molar-refractivity contribution >= 4 is 0 Å². The third-order valence-electron chi connectivity index (χ3n) is 4.13. The molecule has 0 spiro atoms. The number of hydrogen-bond acceptors (Lipinski definition) is 3. The Morgan fingerprint density at radius 1 is 1.39 bits per heavy atom. The van der Waals surface area contributed by atoms with Gasteiger partial charge in [0, 0.05) is 31.0 Å². The molecule has 98 valence electrons. The van der Waals surface area contributed by atoms with Gasteiger partial charge in [0.2, 0.25) is 0 Å². The molecule has 0 amide bonds. The van der Waals surface area contributed by atoms with E-state index in [2.05, 4.69) is 17.9 Å². The molecule has 0 aromatic heterocycles. The van der Waals surface area contributed by atoms with Gasteiger partial charge >= 0.3 is 0 Å². The number of methoxy groups -OCH3 is 1. The summed E-state index contributed by atoms with van der Waals surface area (Å²) in [5.74, 6) is 3.22. The van der Waals surface area contributed by atoms with E-state index in [0.29, 0.717) is 11.8 Å². The van der Waals surface area contributed by atoms with Crippen molar-refractivity contribution in [2.75, 3.05) is 33.4 Å². The maximum atomic E-state index is 5.90. The van der Waals surface area contributed by atoms with Crippen molar-refractivity contribution in [3.05, 3.63) is 23.8 Å². The second-order valence-corrected chi connectivity index (χ2v) is 5.34. The minimum Gasteiger partial charge on any atom is -0.497 e. The monoisotopic (exact) mass is 247 g/mol. The third-order valence-corrected chi connectivity index (χ3v) is 4.13. The molecule has 1 aromatic rings. The van der Waals surface area contributed by atoms with Gasteiger partial charge in [0.15, 0.2) is 0 Å². The Hall–Kier alpha value is -1.22. The van der Waals surface area contributed by atoms with E-state index in [1.807, 2.05) is 12.1 Å². The lowest BCUT2D eigenvalue weighted by molar-refractivity contribution is 0.212. The van der Waals surface area contributed by atoms with Crippen molar-refractivity contribution < 1.29 is 9.47 Å². The van der Waals surface area contributed by atoms with Gasteiger partial charge in [-0.2, -0.15) is 0 Å². The molecule has 1 aromatic carbocycles. The second kappa shape index (κ2) is 4.81. The van der Waals surface area contributed by atoms with Gasteiger partial charge in [-0.25, -0.2) is 0 Å². The van der Waals surface area contributed by atoms with Crippen LogP contribution < -0.4 is 9.47 Å².